The monoisotopic (exact) mass is 502 g/mol. The highest BCUT2D eigenvalue weighted by Crippen LogP contribution is 2.32. The third-order valence-electron chi connectivity index (χ3n) is 6.31. The van der Waals surface area contributed by atoms with E-state index in [1.54, 1.807) is 22.8 Å². The Hall–Kier alpha value is -4.19. The van der Waals surface area contributed by atoms with Gasteiger partial charge in [0.2, 0.25) is 0 Å². The molecule has 0 spiro atoms. The molecule has 37 heavy (non-hydrogen) atoms. The van der Waals surface area contributed by atoms with E-state index in [4.69, 9.17) is 4.74 Å². The fourth-order valence-corrected chi connectivity index (χ4v) is 4.35. The van der Waals surface area contributed by atoms with Gasteiger partial charge < -0.3 is 25.6 Å². The number of Topliss-reactive ketones (excluding diaryl/α,β-unsaturated/α-hetero) is 1. The number of nitrogens with zero attached hydrogens (tertiary/aromatic N) is 4. The van der Waals surface area contributed by atoms with Crippen LogP contribution in [0, 0.1) is 0 Å². The van der Waals surface area contributed by atoms with Crippen molar-refractivity contribution in [1.29, 1.82) is 0 Å². The summed E-state index contributed by atoms with van der Waals surface area (Å²) in [6, 6.07) is 15.2. The molecule has 11 heteroatoms. The van der Waals surface area contributed by atoms with Crippen molar-refractivity contribution in [2.75, 3.05) is 11.9 Å². The maximum atomic E-state index is 13.1. The van der Waals surface area contributed by atoms with Gasteiger partial charge in [-0.15, -0.1) is 0 Å². The van der Waals surface area contributed by atoms with Crippen molar-refractivity contribution in [3.8, 4) is 0 Å². The Bertz CT molecular complexity index is 1430. The Morgan fingerprint density at radius 1 is 1.05 bits per heavy atom. The summed E-state index contributed by atoms with van der Waals surface area (Å²) in [6.07, 6.45) is -0.156. The maximum absolute atomic E-state index is 13.1. The van der Waals surface area contributed by atoms with Crippen LogP contribution in [0.5, 0.6) is 0 Å². The lowest BCUT2D eigenvalue weighted by Crippen LogP contribution is -2.46. The number of ketones is 1. The minimum absolute atomic E-state index is 0.168. The van der Waals surface area contributed by atoms with Gasteiger partial charge in [-0.3, -0.25) is 14.2 Å². The molecule has 1 aliphatic heterocycles. The molecule has 1 fully saturated rings. The molecule has 5 rings (SSSR count). The molecule has 4 aromatic rings. The number of ether oxygens (including phenoxy) is 1. The van der Waals surface area contributed by atoms with Crippen LogP contribution in [0.4, 0.5) is 5.82 Å². The molecule has 1 aliphatic rings. The van der Waals surface area contributed by atoms with Gasteiger partial charge in [0, 0.05) is 17.7 Å². The third-order valence-corrected chi connectivity index (χ3v) is 6.31. The normalized spacial score (nSPS) is 21.2. The second-order valence-electron chi connectivity index (χ2n) is 8.76. The summed E-state index contributed by atoms with van der Waals surface area (Å²) in [5, 5.41) is 26.7. The third kappa shape index (κ3) is 4.92. The van der Waals surface area contributed by atoms with Crippen LogP contribution < -0.4 is 10.6 Å². The minimum atomic E-state index is -1.20. The molecular formula is C26H26N6O5. The first-order valence-corrected chi connectivity index (χ1v) is 11.8. The zero-order valence-electron chi connectivity index (χ0n) is 20.0. The summed E-state index contributed by atoms with van der Waals surface area (Å²) in [6.45, 7) is 1.50. The molecular weight excluding hydrogens is 476 g/mol. The number of fused-ring (bicyclic) bond motifs is 1. The van der Waals surface area contributed by atoms with E-state index >= 15 is 0 Å². The van der Waals surface area contributed by atoms with Gasteiger partial charge in [0.25, 0.3) is 5.91 Å². The predicted molar refractivity (Wildman–Crippen MR) is 134 cm³/mol. The number of aromatic nitrogens is 4. The first-order valence-electron chi connectivity index (χ1n) is 11.8. The summed E-state index contributed by atoms with van der Waals surface area (Å²) in [5.74, 6) is -0.145. The van der Waals surface area contributed by atoms with Crippen LogP contribution >= 0.6 is 0 Å². The zero-order chi connectivity index (χ0) is 25.9. The lowest BCUT2D eigenvalue weighted by atomic mass is 10.1. The Balaban J connectivity index is 1.42. The molecule has 0 aliphatic carbocycles. The average molecular weight is 503 g/mol. The van der Waals surface area contributed by atoms with Gasteiger partial charge >= 0.3 is 0 Å². The molecule has 190 valence electrons. The van der Waals surface area contributed by atoms with Crippen molar-refractivity contribution in [2.24, 2.45) is 0 Å². The zero-order valence-corrected chi connectivity index (χ0v) is 20.0. The summed E-state index contributed by atoms with van der Waals surface area (Å²) >= 11 is 0. The number of aliphatic hydroxyl groups excluding tert-OH is 2. The Labute approximate surface area is 212 Å². The molecule has 2 aromatic carbocycles. The van der Waals surface area contributed by atoms with Crippen LogP contribution in [0.2, 0.25) is 0 Å². The topological polar surface area (TPSA) is 151 Å². The number of benzene rings is 2. The smallest absolute Gasteiger partial charge is 0.251 e. The van der Waals surface area contributed by atoms with Crippen LogP contribution in [0.25, 0.3) is 11.2 Å². The van der Waals surface area contributed by atoms with E-state index in [1.807, 2.05) is 30.3 Å². The van der Waals surface area contributed by atoms with Crippen LogP contribution in [-0.4, -0.2) is 66.3 Å². The highest BCUT2D eigenvalue weighted by molar-refractivity contribution is 5.99. The number of nitrogens with one attached hydrogen (secondary N) is 2. The van der Waals surface area contributed by atoms with Gasteiger partial charge in [-0.2, -0.15) is 0 Å². The van der Waals surface area contributed by atoms with Gasteiger partial charge in [0.15, 0.2) is 29.0 Å². The van der Waals surface area contributed by atoms with Crippen molar-refractivity contribution in [2.45, 2.75) is 37.9 Å². The van der Waals surface area contributed by atoms with E-state index in [1.165, 1.54) is 25.6 Å². The molecule has 1 amide bonds. The first-order chi connectivity index (χ1) is 18.0. The van der Waals surface area contributed by atoms with Crippen molar-refractivity contribution in [3.05, 3.63) is 83.9 Å². The van der Waals surface area contributed by atoms with Crippen LogP contribution in [0.1, 0.15) is 39.4 Å². The van der Waals surface area contributed by atoms with E-state index in [-0.39, 0.29) is 11.3 Å². The SMILES string of the molecule is CC(=O)c1cccc(C(=O)N[C@@H]2[C@H](O)[C@@H](CO)O[C@H]2n2cnc3c(NCc4ccccc4)ncnc32)c1. The van der Waals surface area contributed by atoms with Gasteiger partial charge in [-0.25, -0.2) is 15.0 Å². The Morgan fingerprint density at radius 2 is 1.84 bits per heavy atom. The highest BCUT2D eigenvalue weighted by Gasteiger charge is 2.46. The lowest BCUT2D eigenvalue weighted by molar-refractivity contribution is -0.0440. The predicted octanol–water partition coefficient (Wildman–Crippen LogP) is 1.69. The molecule has 3 heterocycles. The molecule has 1 saturated heterocycles. The van der Waals surface area contributed by atoms with Crippen molar-refractivity contribution >= 4 is 28.7 Å². The average Bonchev–Trinajstić information content (AvgIpc) is 3.49. The maximum Gasteiger partial charge on any atom is 0.251 e. The molecule has 4 atom stereocenters. The van der Waals surface area contributed by atoms with Crippen LogP contribution in [0.3, 0.4) is 0 Å². The van der Waals surface area contributed by atoms with Crippen LogP contribution in [0.15, 0.2) is 67.3 Å². The minimum Gasteiger partial charge on any atom is -0.394 e. The molecule has 0 unspecified atom stereocenters. The summed E-state index contributed by atoms with van der Waals surface area (Å²) in [4.78, 5) is 37.9. The number of imidazole rings is 1. The van der Waals surface area contributed by atoms with Crippen molar-refractivity contribution < 1.29 is 24.5 Å². The fourth-order valence-electron chi connectivity index (χ4n) is 4.35. The number of amides is 1. The molecule has 4 N–H and O–H groups in total. The molecule has 2 aromatic heterocycles. The number of anilines is 1. The molecule has 0 radical (unpaired) electrons. The number of carbonyl (C=O) groups is 2. The number of aliphatic hydroxyl groups is 2. The Kier molecular flexibility index (Phi) is 6.91. The highest BCUT2D eigenvalue weighted by atomic mass is 16.5. The molecule has 0 bridgehead atoms. The van der Waals surface area contributed by atoms with Crippen molar-refractivity contribution in [1.82, 2.24) is 24.8 Å². The quantitative estimate of drug-likeness (QED) is 0.264. The van der Waals surface area contributed by atoms with Crippen molar-refractivity contribution in [3.63, 3.8) is 0 Å². The van der Waals surface area contributed by atoms with E-state index in [0.717, 1.165) is 5.56 Å². The summed E-state index contributed by atoms with van der Waals surface area (Å²) < 4.78 is 7.53. The summed E-state index contributed by atoms with van der Waals surface area (Å²) in [5.41, 5.74) is 2.64. The number of carbonyl (C=O) groups excluding carboxylic acids is 2. The fraction of sp³-hybridized carbons (Fsp3) is 0.269. The number of rotatable bonds is 8. The number of hydrogen-bond acceptors (Lipinski definition) is 9. The summed E-state index contributed by atoms with van der Waals surface area (Å²) in [7, 11) is 0. The van der Waals surface area contributed by atoms with Crippen LogP contribution in [-0.2, 0) is 11.3 Å². The molecule has 11 nitrogen and oxygen atoms in total. The first kappa shape index (κ1) is 24.5. The second-order valence-corrected chi connectivity index (χ2v) is 8.76. The van der Waals surface area contributed by atoms with E-state index in [9.17, 15) is 19.8 Å². The standard InChI is InChI=1S/C26H26N6O5/c1-15(34)17-8-5-9-18(10-17)25(36)31-20-22(35)19(12-33)37-26(20)32-14-30-21-23(28-13-29-24(21)32)27-11-16-6-3-2-4-7-16/h2-10,13-14,19-20,22,26,33,35H,11-12H2,1H3,(H,31,36)(H,27,28,29)/t19-,20-,22-,26-/m1/s1. The van der Waals surface area contributed by atoms with Gasteiger partial charge in [0.05, 0.1) is 12.9 Å². The lowest BCUT2D eigenvalue weighted by Gasteiger charge is -2.23. The largest absolute Gasteiger partial charge is 0.394 e. The van der Waals surface area contributed by atoms with E-state index in [0.29, 0.717) is 29.1 Å². The van der Waals surface area contributed by atoms with Gasteiger partial charge in [0.1, 0.15) is 24.6 Å². The Morgan fingerprint density at radius 3 is 2.59 bits per heavy atom. The van der Waals surface area contributed by atoms with Gasteiger partial charge in [-0.05, 0) is 24.6 Å². The van der Waals surface area contributed by atoms with E-state index < -0.39 is 37.0 Å². The second kappa shape index (κ2) is 10.4. The van der Waals surface area contributed by atoms with E-state index in [2.05, 4.69) is 25.6 Å². The molecule has 0 saturated carbocycles. The number of hydrogen-bond donors (Lipinski definition) is 4. The van der Waals surface area contributed by atoms with Gasteiger partial charge in [-0.1, -0.05) is 42.5 Å².